The molecular formula is C27H40O25. The van der Waals surface area contributed by atoms with Gasteiger partial charge >= 0.3 is 23.9 Å². The Kier molecular flexibility index (Phi) is 13.5. The molecule has 298 valence electrons. The predicted octanol–water partition coefficient (Wildman–Crippen LogP) is -7.95. The molecule has 0 aromatic carbocycles. The topological polar surface area (TPSA) is 405 Å². The Hall–Kier alpha value is -2.80. The van der Waals surface area contributed by atoms with Crippen LogP contribution in [-0.4, -0.2) is 219 Å². The maximum Gasteiger partial charge on any atom is 0.335 e. The van der Waals surface area contributed by atoms with Crippen molar-refractivity contribution in [3.63, 3.8) is 0 Å². The number of aliphatic hydroxyl groups is 9. The first-order chi connectivity index (χ1) is 24.2. The maximum atomic E-state index is 12.2. The Labute approximate surface area is 290 Å². The molecule has 0 spiro atoms. The monoisotopic (exact) mass is 764 g/mol. The number of carboxylic acids is 4. The fourth-order valence-electron chi connectivity index (χ4n) is 5.88. The average Bonchev–Trinajstić information content (AvgIpc) is 3.06. The Balaban J connectivity index is 1.51. The summed E-state index contributed by atoms with van der Waals surface area (Å²) in [5.74, 6) is -7.44. The Morgan fingerprint density at radius 2 is 0.692 bits per heavy atom. The number of aliphatic carboxylic acids is 4. The van der Waals surface area contributed by atoms with Gasteiger partial charge in [-0.3, -0.25) is 0 Å². The standard InChI is InChI=1S/C27H40O25/c1-3(2)45-12-5(29)9(33)25(50-17(12)21(38)39)48-14-7(31)11(35)27(52-19(14)23(42)43)49-15-6(30)10(34)26(51-18(15)22(40)41)47-13-4(28)8(32)24(44)46-16(13)20(36)37/h3-19,24-35,44H,1-2H3,(H,36,37)(H,38,39)(H,40,41)(H,42,43)/t4?,5-,6+,7?,8?,9?,10?,11?,12-,13-,14-,15-,16+,17?,18?,19?,24+,25+,26+,27+/m0/s1. The van der Waals surface area contributed by atoms with Crippen molar-refractivity contribution >= 4 is 23.9 Å². The molecule has 25 heteroatoms. The van der Waals surface area contributed by atoms with Crippen LogP contribution in [0.25, 0.3) is 0 Å². The highest BCUT2D eigenvalue weighted by molar-refractivity contribution is 5.75. The molecule has 0 aromatic heterocycles. The molecule has 4 fully saturated rings. The summed E-state index contributed by atoms with van der Waals surface area (Å²) >= 11 is 0. The summed E-state index contributed by atoms with van der Waals surface area (Å²) in [6.45, 7) is 2.98. The molecule has 4 saturated heterocycles. The lowest BCUT2D eigenvalue weighted by Gasteiger charge is -2.48. The van der Waals surface area contributed by atoms with Crippen molar-refractivity contribution in [3.05, 3.63) is 0 Å². The first-order valence-corrected chi connectivity index (χ1v) is 15.4. The van der Waals surface area contributed by atoms with Crippen molar-refractivity contribution in [3.8, 4) is 0 Å². The fraction of sp³-hybridized carbons (Fsp3) is 0.852. The lowest BCUT2D eigenvalue weighted by molar-refractivity contribution is -0.379. The average molecular weight is 765 g/mol. The van der Waals surface area contributed by atoms with Crippen LogP contribution in [0.1, 0.15) is 13.8 Å². The van der Waals surface area contributed by atoms with E-state index in [1.807, 2.05) is 0 Å². The molecule has 0 aliphatic carbocycles. The van der Waals surface area contributed by atoms with Gasteiger partial charge in [-0.2, -0.15) is 0 Å². The normalized spacial score (nSPS) is 47.2. The Morgan fingerprint density at radius 1 is 0.423 bits per heavy atom. The van der Waals surface area contributed by atoms with E-state index in [0.29, 0.717) is 0 Å². The highest BCUT2D eigenvalue weighted by atomic mass is 16.8. The zero-order valence-corrected chi connectivity index (χ0v) is 26.8. The predicted molar refractivity (Wildman–Crippen MR) is 150 cm³/mol. The molecule has 4 aliphatic rings. The van der Waals surface area contributed by atoms with Gasteiger partial charge in [-0.25, -0.2) is 19.2 Å². The molecular weight excluding hydrogens is 724 g/mol. The van der Waals surface area contributed by atoms with E-state index in [1.165, 1.54) is 13.8 Å². The minimum atomic E-state index is -2.42. The van der Waals surface area contributed by atoms with Gasteiger partial charge in [-0.15, -0.1) is 0 Å². The van der Waals surface area contributed by atoms with Gasteiger partial charge in [-0.05, 0) is 13.8 Å². The molecule has 20 atom stereocenters. The van der Waals surface area contributed by atoms with Crippen molar-refractivity contribution < 1.29 is 123 Å². The van der Waals surface area contributed by atoms with Crippen LogP contribution in [0.2, 0.25) is 0 Å². The SMILES string of the molecule is CC(C)O[C@@H]1C(C(=O)O)O[C@@H](O[C@@H]2C(C(=O)O)O[C@@H](O[C@@H]3C(C(=O)O)O[C@@H](O[C@H]4C(O)C(O)[C@H](O)O[C@H]4C(=O)O)C(O)[C@H]3O)C(O)C2O)C(O)[C@@H]1O. The largest absolute Gasteiger partial charge is 0.479 e. The van der Waals surface area contributed by atoms with Crippen molar-refractivity contribution in [1.82, 2.24) is 0 Å². The molecule has 4 rings (SSSR count). The van der Waals surface area contributed by atoms with Crippen LogP contribution in [0.3, 0.4) is 0 Å². The van der Waals surface area contributed by atoms with Crippen LogP contribution < -0.4 is 0 Å². The molecule has 52 heavy (non-hydrogen) atoms. The Bertz CT molecular complexity index is 1280. The van der Waals surface area contributed by atoms with Gasteiger partial charge in [0.2, 0.25) is 0 Å². The zero-order chi connectivity index (χ0) is 39.1. The molecule has 4 heterocycles. The van der Waals surface area contributed by atoms with Gasteiger partial charge in [0, 0.05) is 0 Å². The van der Waals surface area contributed by atoms with Gasteiger partial charge in [-0.1, -0.05) is 0 Å². The fourth-order valence-corrected chi connectivity index (χ4v) is 5.88. The number of hydrogen-bond donors (Lipinski definition) is 13. The molecule has 0 amide bonds. The Morgan fingerprint density at radius 3 is 1.00 bits per heavy atom. The molecule has 0 radical (unpaired) electrons. The van der Waals surface area contributed by atoms with Gasteiger partial charge in [0.15, 0.2) is 49.6 Å². The molecule has 0 saturated carbocycles. The van der Waals surface area contributed by atoms with Gasteiger partial charge in [0.1, 0.15) is 73.2 Å². The van der Waals surface area contributed by atoms with Crippen LogP contribution >= 0.6 is 0 Å². The number of hydrogen-bond acceptors (Lipinski definition) is 21. The number of carbonyl (C=O) groups is 4. The number of ether oxygens (including phenoxy) is 8. The minimum Gasteiger partial charge on any atom is -0.479 e. The number of aliphatic hydroxyl groups excluding tert-OH is 9. The molecule has 25 nitrogen and oxygen atoms in total. The number of carboxylic acid groups (broad SMARTS) is 4. The summed E-state index contributed by atoms with van der Waals surface area (Å²) in [6.07, 6.45) is -45.1. The van der Waals surface area contributed by atoms with E-state index < -0.39 is 153 Å². The molecule has 13 N–H and O–H groups in total. The van der Waals surface area contributed by atoms with Crippen LogP contribution in [0.4, 0.5) is 0 Å². The third kappa shape index (κ3) is 8.45. The van der Waals surface area contributed by atoms with E-state index in [1.54, 1.807) is 0 Å². The second kappa shape index (κ2) is 16.7. The smallest absolute Gasteiger partial charge is 0.335 e. The van der Waals surface area contributed by atoms with Crippen molar-refractivity contribution in [2.75, 3.05) is 0 Å². The summed E-state index contributed by atoms with van der Waals surface area (Å²) in [5, 5.41) is 133. The summed E-state index contributed by atoms with van der Waals surface area (Å²) in [4.78, 5) is 47.9. The van der Waals surface area contributed by atoms with Crippen LogP contribution in [-0.2, 0) is 57.1 Å². The third-order valence-electron chi connectivity index (χ3n) is 8.47. The zero-order valence-electron chi connectivity index (χ0n) is 26.8. The minimum absolute atomic E-state index is 0.659. The van der Waals surface area contributed by atoms with Gasteiger partial charge < -0.3 is 104 Å². The van der Waals surface area contributed by atoms with E-state index in [2.05, 4.69) is 4.74 Å². The van der Waals surface area contributed by atoms with E-state index in [-0.39, 0.29) is 0 Å². The van der Waals surface area contributed by atoms with Crippen LogP contribution in [0, 0.1) is 0 Å². The summed E-state index contributed by atoms with van der Waals surface area (Å²) in [6, 6.07) is 0. The summed E-state index contributed by atoms with van der Waals surface area (Å²) < 4.78 is 41.4. The van der Waals surface area contributed by atoms with E-state index in [0.717, 1.165) is 0 Å². The lowest BCUT2D eigenvalue weighted by atomic mass is 9.95. The lowest BCUT2D eigenvalue weighted by Crippen LogP contribution is -2.68. The van der Waals surface area contributed by atoms with Crippen LogP contribution in [0.15, 0.2) is 0 Å². The maximum absolute atomic E-state index is 12.2. The summed E-state index contributed by atoms with van der Waals surface area (Å²) in [7, 11) is 0. The van der Waals surface area contributed by atoms with Crippen molar-refractivity contribution in [2.45, 2.75) is 143 Å². The van der Waals surface area contributed by atoms with E-state index >= 15 is 0 Å². The summed E-state index contributed by atoms with van der Waals surface area (Å²) in [5.41, 5.74) is 0. The van der Waals surface area contributed by atoms with Crippen molar-refractivity contribution in [1.29, 1.82) is 0 Å². The van der Waals surface area contributed by atoms with Crippen LogP contribution in [0.5, 0.6) is 0 Å². The first-order valence-electron chi connectivity index (χ1n) is 15.4. The number of rotatable bonds is 12. The van der Waals surface area contributed by atoms with Crippen molar-refractivity contribution in [2.24, 2.45) is 0 Å². The molecule has 9 unspecified atom stereocenters. The van der Waals surface area contributed by atoms with Gasteiger partial charge in [0.05, 0.1) is 6.10 Å². The molecule has 0 bridgehead atoms. The highest BCUT2D eigenvalue weighted by Crippen LogP contribution is 2.35. The quantitative estimate of drug-likeness (QED) is 0.0877. The molecule has 4 aliphatic heterocycles. The highest BCUT2D eigenvalue weighted by Gasteiger charge is 2.58. The second-order valence-electron chi connectivity index (χ2n) is 12.5. The van der Waals surface area contributed by atoms with E-state index in [9.17, 15) is 85.6 Å². The first kappa shape index (κ1) is 41.9. The second-order valence-corrected chi connectivity index (χ2v) is 12.5. The third-order valence-corrected chi connectivity index (χ3v) is 8.47. The molecule has 0 aromatic rings. The van der Waals surface area contributed by atoms with Gasteiger partial charge in [0.25, 0.3) is 0 Å². The van der Waals surface area contributed by atoms with E-state index in [4.69, 9.17) is 33.2 Å².